The first-order valence-corrected chi connectivity index (χ1v) is 3.34. The van der Waals surface area contributed by atoms with Crippen molar-refractivity contribution in [3.8, 4) is 0 Å². The lowest BCUT2D eigenvalue weighted by atomic mass is 10.1. The Kier molecular flexibility index (Phi) is 2.29. The van der Waals surface area contributed by atoms with E-state index in [0.29, 0.717) is 5.69 Å². The molecule has 0 spiro atoms. The summed E-state index contributed by atoms with van der Waals surface area (Å²) in [5.74, 6) is 0. The molecular weight excluding hydrogens is 126 g/mol. The molecule has 0 amide bonds. The largest absolute Gasteiger partial charge is 0.761 e. The fourth-order valence-corrected chi connectivity index (χ4v) is 0.928. The molecule has 0 aromatic heterocycles. The molecule has 0 saturated carbocycles. The van der Waals surface area contributed by atoms with Crippen molar-refractivity contribution in [1.82, 2.24) is 0 Å². The van der Waals surface area contributed by atoms with Gasteiger partial charge in [-0.2, -0.15) is 0 Å². The van der Waals surface area contributed by atoms with Crippen LogP contribution in [0.3, 0.4) is 0 Å². The Labute approximate surface area is 60.5 Å². The van der Waals surface area contributed by atoms with E-state index in [0.717, 1.165) is 12.0 Å². The van der Waals surface area contributed by atoms with Crippen LogP contribution in [0.5, 0.6) is 0 Å². The van der Waals surface area contributed by atoms with Crippen molar-refractivity contribution in [3.63, 3.8) is 0 Å². The van der Waals surface area contributed by atoms with Crippen LogP contribution in [0.1, 0.15) is 12.5 Å². The summed E-state index contributed by atoms with van der Waals surface area (Å²) in [4.78, 5) is 0. The van der Waals surface area contributed by atoms with Crippen molar-refractivity contribution in [3.05, 3.63) is 35.0 Å². The molecule has 1 N–H and O–H groups in total. The number of aryl methyl sites for hydroxylation is 1. The summed E-state index contributed by atoms with van der Waals surface area (Å²) in [5.41, 5.74) is 3.65. The van der Waals surface area contributed by atoms with Crippen LogP contribution in [-0.2, 0) is 6.42 Å². The van der Waals surface area contributed by atoms with Crippen molar-refractivity contribution in [1.29, 1.82) is 0 Å². The predicted octanol–water partition coefficient (Wildman–Crippen LogP) is 2.16. The normalized spacial score (nSPS) is 9.40. The van der Waals surface area contributed by atoms with Gasteiger partial charge in [-0.3, -0.25) is 0 Å². The van der Waals surface area contributed by atoms with E-state index in [1.807, 2.05) is 30.6 Å². The third-order valence-electron chi connectivity index (χ3n) is 1.51. The zero-order valence-electron chi connectivity index (χ0n) is 5.92. The van der Waals surface area contributed by atoms with Crippen molar-refractivity contribution >= 4 is 5.69 Å². The zero-order valence-corrected chi connectivity index (χ0v) is 5.92. The maximum atomic E-state index is 10.3. The molecule has 1 rings (SSSR count). The van der Waals surface area contributed by atoms with Crippen LogP contribution in [0.25, 0.3) is 0 Å². The van der Waals surface area contributed by atoms with Gasteiger partial charge in [0.25, 0.3) is 0 Å². The number of benzene rings is 1. The third kappa shape index (κ3) is 1.28. The fourth-order valence-electron chi connectivity index (χ4n) is 0.928. The quantitative estimate of drug-likeness (QED) is 0.632. The molecule has 0 bridgehead atoms. The van der Waals surface area contributed by atoms with Crippen LogP contribution < -0.4 is 5.48 Å². The first kappa shape index (κ1) is 7.09. The Morgan fingerprint density at radius 1 is 1.40 bits per heavy atom. The molecule has 0 fully saturated rings. The summed E-state index contributed by atoms with van der Waals surface area (Å²) in [6.07, 6.45) is 0.894. The predicted molar refractivity (Wildman–Crippen MR) is 42.8 cm³/mol. The molecule has 0 aliphatic rings. The number of para-hydroxylation sites is 1. The molecule has 2 heteroatoms. The van der Waals surface area contributed by atoms with Gasteiger partial charge in [0.05, 0.1) is 0 Å². The lowest BCUT2D eigenvalue weighted by Gasteiger charge is -2.12. The summed E-state index contributed by atoms with van der Waals surface area (Å²) in [6.45, 7) is 2.02. The van der Waals surface area contributed by atoms with Gasteiger partial charge in [-0.05, 0) is 18.1 Å². The summed E-state index contributed by atoms with van der Waals surface area (Å²) in [7, 11) is 0. The van der Waals surface area contributed by atoms with E-state index in [1.54, 1.807) is 6.07 Å². The second-order valence-electron chi connectivity index (χ2n) is 2.11. The summed E-state index contributed by atoms with van der Waals surface area (Å²) < 4.78 is 0. The van der Waals surface area contributed by atoms with Gasteiger partial charge in [-0.15, -0.1) is 0 Å². The van der Waals surface area contributed by atoms with Crippen LogP contribution in [0.15, 0.2) is 24.3 Å². The molecule has 0 radical (unpaired) electrons. The van der Waals surface area contributed by atoms with Crippen LogP contribution in [0, 0.1) is 5.21 Å². The maximum absolute atomic E-state index is 10.3. The van der Waals surface area contributed by atoms with Gasteiger partial charge in [0, 0.05) is 5.69 Å². The van der Waals surface area contributed by atoms with Crippen molar-refractivity contribution in [2.45, 2.75) is 13.3 Å². The Hall–Kier alpha value is -1.02. The number of rotatable bonds is 2. The van der Waals surface area contributed by atoms with E-state index in [4.69, 9.17) is 0 Å². The van der Waals surface area contributed by atoms with Gasteiger partial charge in [0.1, 0.15) is 0 Å². The molecule has 1 aromatic rings. The molecule has 54 valence electrons. The highest BCUT2D eigenvalue weighted by molar-refractivity contribution is 5.51. The highest BCUT2D eigenvalue weighted by Crippen LogP contribution is 2.13. The molecule has 0 aliphatic carbocycles. The molecular formula is C8H10NO-. The SMILES string of the molecule is CCc1ccccc1N[O-]. The molecule has 1 aromatic carbocycles. The van der Waals surface area contributed by atoms with Gasteiger partial charge in [-0.1, -0.05) is 25.1 Å². The number of anilines is 1. The zero-order chi connectivity index (χ0) is 7.40. The van der Waals surface area contributed by atoms with Gasteiger partial charge in [-0.25, -0.2) is 0 Å². The first-order valence-electron chi connectivity index (χ1n) is 3.34. The number of hydrogen-bond acceptors (Lipinski definition) is 2. The molecule has 10 heavy (non-hydrogen) atoms. The first-order chi connectivity index (χ1) is 4.88. The standard InChI is InChI=1S/C8H10NO/c1-2-7-5-3-4-6-8(7)9-10/h3-6,9H,2H2,1H3/q-1. The van der Waals surface area contributed by atoms with Crippen LogP contribution in [0.2, 0.25) is 0 Å². The van der Waals surface area contributed by atoms with Crippen molar-refractivity contribution < 1.29 is 0 Å². The molecule has 2 nitrogen and oxygen atoms in total. The monoisotopic (exact) mass is 136 g/mol. The second kappa shape index (κ2) is 3.22. The molecule has 0 unspecified atom stereocenters. The topological polar surface area (TPSA) is 35.1 Å². The average molecular weight is 136 g/mol. The highest BCUT2D eigenvalue weighted by atomic mass is 16.5. The van der Waals surface area contributed by atoms with Gasteiger partial charge < -0.3 is 10.7 Å². The molecule has 0 aliphatic heterocycles. The van der Waals surface area contributed by atoms with Gasteiger partial charge >= 0.3 is 0 Å². The molecule has 0 saturated heterocycles. The van der Waals surface area contributed by atoms with Crippen molar-refractivity contribution in [2.24, 2.45) is 0 Å². The minimum atomic E-state index is 0.685. The fraction of sp³-hybridized carbons (Fsp3) is 0.250. The minimum absolute atomic E-state index is 0.685. The van der Waals surface area contributed by atoms with E-state index in [1.165, 1.54) is 0 Å². The smallest absolute Gasteiger partial charge is 0.0265 e. The average Bonchev–Trinajstić information content (AvgIpc) is 2.04. The lowest BCUT2D eigenvalue weighted by Crippen LogP contribution is -1.90. The Morgan fingerprint density at radius 2 is 2.10 bits per heavy atom. The van der Waals surface area contributed by atoms with Crippen LogP contribution >= 0.6 is 0 Å². The minimum Gasteiger partial charge on any atom is -0.761 e. The Morgan fingerprint density at radius 3 is 2.60 bits per heavy atom. The number of hydrogen-bond donors (Lipinski definition) is 1. The van der Waals surface area contributed by atoms with Gasteiger partial charge in [0.15, 0.2) is 0 Å². The Bertz CT molecular complexity index is 187. The van der Waals surface area contributed by atoms with Crippen LogP contribution in [0.4, 0.5) is 5.69 Å². The highest BCUT2D eigenvalue weighted by Gasteiger charge is 1.91. The lowest BCUT2D eigenvalue weighted by molar-refractivity contribution is 1.14. The van der Waals surface area contributed by atoms with E-state index in [-0.39, 0.29) is 0 Å². The molecule has 0 heterocycles. The van der Waals surface area contributed by atoms with Crippen LogP contribution in [-0.4, -0.2) is 0 Å². The third-order valence-corrected chi connectivity index (χ3v) is 1.51. The summed E-state index contributed by atoms with van der Waals surface area (Å²) in [6, 6.07) is 7.51. The summed E-state index contributed by atoms with van der Waals surface area (Å²) >= 11 is 0. The van der Waals surface area contributed by atoms with Gasteiger partial charge in [0.2, 0.25) is 0 Å². The number of nitrogens with one attached hydrogen (secondary N) is 1. The van der Waals surface area contributed by atoms with E-state index >= 15 is 0 Å². The van der Waals surface area contributed by atoms with Crippen molar-refractivity contribution in [2.75, 3.05) is 5.48 Å². The Balaban J connectivity index is 2.96. The molecule has 0 atom stereocenters. The van der Waals surface area contributed by atoms with E-state index in [2.05, 4.69) is 0 Å². The summed E-state index contributed by atoms with van der Waals surface area (Å²) in [5, 5.41) is 10.3. The van der Waals surface area contributed by atoms with E-state index in [9.17, 15) is 5.21 Å². The second-order valence-corrected chi connectivity index (χ2v) is 2.11. The van der Waals surface area contributed by atoms with E-state index < -0.39 is 0 Å². The maximum Gasteiger partial charge on any atom is 0.0265 e.